The first-order chi connectivity index (χ1) is 16.5. The second kappa shape index (κ2) is 10.5. The van der Waals surface area contributed by atoms with E-state index in [9.17, 15) is 14.0 Å². The number of benzene rings is 2. The van der Waals surface area contributed by atoms with Gasteiger partial charge in [0.05, 0.1) is 23.5 Å². The number of aromatic nitrogens is 2. The van der Waals surface area contributed by atoms with E-state index in [1.807, 2.05) is 25.1 Å². The lowest BCUT2D eigenvalue weighted by Gasteiger charge is -2.15. The highest BCUT2D eigenvalue weighted by Crippen LogP contribution is 2.37. The Balaban J connectivity index is 1.79. The molecule has 1 aliphatic rings. The number of halogens is 1. The number of nitrogens with zero attached hydrogens (tertiary/aromatic N) is 4. The van der Waals surface area contributed by atoms with Crippen molar-refractivity contribution in [1.29, 1.82) is 0 Å². The number of para-hydroxylation sites is 1. The number of amidine groups is 1. The number of aliphatic imine (C=N–C) groups is 1. The number of rotatable bonds is 7. The molecule has 0 spiro atoms. The van der Waals surface area contributed by atoms with Crippen molar-refractivity contribution in [3.63, 3.8) is 0 Å². The van der Waals surface area contributed by atoms with Crippen molar-refractivity contribution in [1.82, 2.24) is 9.55 Å². The Morgan fingerprint density at radius 2 is 1.88 bits per heavy atom. The lowest BCUT2D eigenvalue weighted by molar-refractivity contribution is -0.113. The van der Waals surface area contributed by atoms with E-state index in [4.69, 9.17) is 4.74 Å². The average molecular weight is 479 g/mol. The second-order valence-electron chi connectivity index (χ2n) is 7.36. The highest BCUT2D eigenvalue weighted by molar-refractivity contribution is 8.19. The first-order valence-electron chi connectivity index (χ1n) is 10.9. The lowest BCUT2D eigenvalue weighted by Crippen LogP contribution is -2.28. The van der Waals surface area contributed by atoms with Crippen LogP contribution in [0.15, 0.2) is 70.8 Å². The zero-order chi connectivity index (χ0) is 24.1. The van der Waals surface area contributed by atoms with Crippen LogP contribution in [0.3, 0.4) is 0 Å². The topological polar surface area (TPSA) is 76.8 Å². The maximum absolute atomic E-state index is 13.4. The van der Waals surface area contributed by atoms with E-state index in [1.165, 1.54) is 17.0 Å². The number of imidazole rings is 1. The van der Waals surface area contributed by atoms with E-state index in [1.54, 1.807) is 48.2 Å². The summed E-state index contributed by atoms with van der Waals surface area (Å²) < 4.78 is 20.2. The molecule has 1 saturated heterocycles. The number of hydrogen-bond acceptors (Lipinski definition) is 6. The Morgan fingerprint density at radius 1 is 1.15 bits per heavy atom. The van der Waals surface area contributed by atoms with Crippen molar-refractivity contribution in [2.24, 2.45) is 4.99 Å². The van der Waals surface area contributed by atoms with Crippen LogP contribution < -0.4 is 4.90 Å². The van der Waals surface area contributed by atoms with Crippen LogP contribution in [-0.4, -0.2) is 33.2 Å². The molecule has 0 radical (unpaired) electrons. The van der Waals surface area contributed by atoms with Crippen molar-refractivity contribution in [3.05, 3.63) is 82.9 Å². The van der Waals surface area contributed by atoms with Gasteiger partial charge in [-0.15, -0.1) is 0 Å². The second-order valence-corrected chi connectivity index (χ2v) is 8.37. The van der Waals surface area contributed by atoms with E-state index in [0.717, 1.165) is 18.2 Å². The minimum absolute atomic E-state index is 0.186. The summed E-state index contributed by atoms with van der Waals surface area (Å²) in [5.74, 6) is -0.957. The number of esters is 1. The van der Waals surface area contributed by atoms with Crippen LogP contribution in [0.25, 0.3) is 6.08 Å². The molecule has 0 unspecified atom stereocenters. The molecule has 0 atom stereocenters. The van der Waals surface area contributed by atoms with Gasteiger partial charge in [-0.1, -0.05) is 37.3 Å². The van der Waals surface area contributed by atoms with Gasteiger partial charge >= 0.3 is 5.97 Å². The van der Waals surface area contributed by atoms with Gasteiger partial charge in [-0.05, 0) is 61.0 Å². The number of aryl methyl sites for hydroxylation is 1. The van der Waals surface area contributed by atoms with E-state index in [0.29, 0.717) is 27.9 Å². The van der Waals surface area contributed by atoms with Crippen LogP contribution in [0.1, 0.15) is 36.3 Å². The number of anilines is 1. The molecule has 2 heterocycles. The Morgan fingerprint density at radius 3 is 2.56 bits per heavy atom. The Bertz CT molecular complexity index is 1250. The van der Waals surface area contributed by atoms with Crippen LogP contribution in [0.5, 0.6) is 0 Å². The van der Waals surface area contributed by atoms with Crippen molar-refractivity contribution >= 4 is 46.4 Å². The monoisotopic (exact) mass is 478 g/mol. The lowest BCUT2D eigenvalue weighted by atomic mass is 10.2. The normalized spacial score (nSPS) is 16.0. The van der Waals surface area contributed by atoms with Crippen LogP contribution in [0, 0.1) is 5.82 Å². The van der Waals surface area contributed by atoms with Crippen molar-refractivity contribution in [3.8, 4) is 0 Å². The van der Waals surface area contributed by atoms with E-state index >= 15 is 0 Å². The van der Waals surface area contributed by atoms with Gasteiger partial charge in [0.2, 0.25) is 0 Å². The summed E-state index contributed by atoms with van der Waals surface area (Å²) in [6.07, 6.45) is 4.04. The number of amides is 1. The van der Waals surface area contributed by atoms with E-state index < -0.39 is 5.97 Å². The summed E-state index contributed by atoms with van der Waals surface area (Å²) in [5, 5.41) is 0.358. The molecule has 0 aliphatic carbocycles. The molecule has 9 heteroatoms. The number of carbonyl (C=O) groups is 2. The van der Waals surface area contributed by atoms with Gasteiger partial charge in [0.25, 0.3) is 5.91 Å². The van der Waals surface area contributed by atoms with E-state index in [-0.39, 0.29) is 29.8 Å². The molecule has 0 N–H and O–H groups in total. The molecule has 7 nitrogen and oxygen atoms in total. The van der Waals surface area contributed by atoms with Crippen molar-refractivity contribution in [2.45, 2.75) is 26.8 Å². The number of thioether (sulfide) groups is 1. The van der Waals surface area contributed by atoms with Crippen LogP contribution in [-0.2, 0) is 16.1 Å². The first-order valence-corrected chi connectivity index (χ1v) is 11.7. The van der Waals surface area contributed by atoms with E-state index in [2.05, 4.69) is 9.98 Å². The van der Waals surface area contributed by atoms with Crippen molar-refractivity contribution in [2.75, 3.05) is 11.5 Å². The van der Waals surface area contributed by atoms with Crippen LogP contribution in [0.4, 0.5) is 15.9 Å². The number of ether oxygens (including phenoxy) is 1. The third-order valence-corrected chi connectivity index (χ3v) is 5.91. The molecule has 0 bridgehead atoms. The maximum Gasteiger partial charge on any atom is 0.358 e. The standard InChI is InChI=1S/C25H23FN4O3S/c1-3-14-29-16-27-22(21(29)24(32)33-4-2)28-25-30(19-8-6-5-7-9-19)23(31)20(34-25)15-17-10-12-18(26)13-11-17/h5-13,15-16H,3-4,14H2,1-2H3. The Kier molecular flexibility index (Phi) is 7.22. The fraction of sp³-hybridized carbons (Fsp3) is 0.200. The minimum atomic E-state index is -0.518. The molecule has 0 saturated carbocycles. The summed E-state index contributed by atoms with van der Waals surface area (Å²) in [6.45, 7) is 4.53. The summed E-state index contributed by atoms with van der Waals surface area (Å²) in [4.78, 5) is 36.9. The zero-order valence-electron chi connectivity index (χ0n) is 18.8. The third-order valence-electron chi connectivity index (χ3n) is 4.94. The fourth-order valence-corrected chi connectivity index (χ4v) is 4.41. The largest absolute Gasteiger partial charge is 0.461 e. The van der Waals surface area contributed by atoms with Gasteiger partial charge in [0.1, 0.15) is 5.82 Å². The highest BCUT2D eigenvalue weighted by Gasteiger charge is 2.35. The molecule has 3 aromatic rings. The Labute approximate surface area is 201 Å². The molecule has 1 fully saturated rings. The van der Waals surface area contributed by atoms with Crippen molar-refractivity contribution < 1.29 is 18.7 Å². The molecular weight excluding hydrogens is 455 g/mol. The first kappa shape index (κ1) is 23.4. The summed E-state index contributed by atoms with van der Waals surface area (Å²) in [6, 6.07) is 15.0. The SMILES string of the molecule is CCCn1cnc(N=C2SC(=Cc3ccc(F)cc3)C(=O)N2c2ccccc2)c1C(=O)OCC. The molecular formula is C25H23FN4O3S. The predicted octanol–water partition coefficient (Wildman–Crippen LogP) is 5.42. The number of hydrogen-bond donors (Lipinski definition) is 0. The maximum atomic E-state index is 13.4. The molecule has 4 rings (SSSR count). The molecule has 34 heavy (non-hydrogen) atoms. The van der Waals surface area contributed by atoms with Gasteiger partial charge in [-0.25, -0.2) is 19.2 Å². The predicted molar refractivity (Wildman–Crippen MR) is 131 cm³/mol. The minimum Gasteiger partial charge on any atom is -0.461 e. The quantitative estimate of drug-likeness (QED) is 0.335. The molecule has 1 amide bonds. The van der Waals surface area contributed by atoms with Gasteiger partial charge in [0, 0.05) is 6.54 Å². The fourth-order valence-electron chi connectivity index (χ4n) is 3.43. The number of carbonyl (C=O) groups excluding carboxylic acids is 2. The van der Waals surface area contributed by atoms with Crippen LogP contribution >= 0.6 is 11.8 Å². The summed E-state index contributed by atoms with van der Waals surface area (Å²) in [5.41, 5.74) is 1.56. The molecule has 1 aromatic heterocycles. The van der Waals surface area contributed by atoms with Gasteiger partial charge in [-0.3, -0.25) is 9.69 Å². The Hall–Kier alpha value is -3.72. The molecule has 1 aliphatic heterocycles. The van der Waals surface area contributed by atoms with Gasteiger partial charge < -0.3 is 9.30 Å². The highest BCUT2D eigenvalue weighted by atomic mass is 32.2. The zero-order valence-corrected chi connectivity index (χ0v) is 19.6. The smallest absolute Gasteiger partial charge is 0.358 e. The van der Waals surface area contributed by atoms with Gasteiger partial charge in [-0.2, -0.15) is 0 Å². The van der Waals surface area contributed by atoms with Gasteiger partial charge in [0.15, 0.2) is 16.7 Å². The van der Waals surface area contributed by atoms with Crippen LogP contribution in [0.2, 0.25) is 0 Å². The third kappa shape index (κ3) is 4.94. The molecule has 2 aromatic carbocycles. The summed E-state index contributed by atoms with van der Waals surface area (Å²) in [7, 11) is 0. The summed E-state index contributed by atoms with van der Waals surface area (Å²) >= 11 is 1.16. The molecule has 174 valence electrons. The average Bonchev–Trinajstić information content (AvgIpc) is 3.36.